The number of nitrogens with zero attached hydrogens (tertiary/aromatic N) is 4. The van der Waals surface area contributed by atoms with Gasteiger partial charge in [-0.2, -0.15) is 5.26 Å². The van der Waals surface area contributed by atoms with Crippen molar-refractivity contribution in [1.29, 1.82) is 5.26 Å². The van der Waals surface area contributed by atoms with Crippen LogP contribution >= 0.6 is 0 Å². The maximum atomic E-state index is 14.6. The summed E-state index contributed by atoms with van der Waals surface area (Å²) in [5.74, 6) is 1.19. The molecule has 7 nitrogen and oxygen atoms in total. The topological polar surface area (TPSA) is 80.4 Å². The molecule has 0 bridgehead atoms. The third-order valence-electron chi connectivity index (χ3n) is 6.40. The van der Waals surface area contributed by atoms with Crippen LogP contribution in [0.1, 0.15) is 25.3 Å². The first kappa shape index (κ1) is 24.4. The van der Waals surface area contributed by atoms with E-state index in [-0.39, 0.29) is 11.1 Å². The molecule has 0 radical (unpaired) electrons. The van der Waals surface area contributed by atoms with Gasteiger partial charge in [0.05, 0.1) is 23.4 Å². The van der Waals surface area contributed by atoms with Gasteiger partial charge >= 0.3 is 0 Å². The Kier molecular flexibility index (Phi) is 7.47. The van der Waals surface area contributed by atoms with Crippen LogP contribution in [0.2, 0.25) is 0 Å². The molecule has 8 heteroatoms. The summed E-state index contributed by atoms with van der Waals surface area (Å²) in [5, 5.41) is 9.15. The molecule has 1 aliphatic rings. The Morgan fingerprint density at radius 3 is 2.43 bits per heavy atom. The summed E-state index contributed by atoms with van der Waals surface area (Å²) in [7, 11) is 3.33. The number of hydrogen-bond donors (Lipinski definition) is 0. The number of hydrogen-bond acceptors (Lipinski definition) is 6. The Hall–Kier alpha value is -3.70. The molecule has 2 aromatic carbocycles. The zero-order chi connectivity index (χ0) is 24.9. The molecule has 2 heterocycles. The minimum atomic E-state index is -0.645. The summed E-state index contributed by atoms with van der Waals surface area (Å²) in [4.78, 5) is 20.7. The van der Waals surface area contributed by atoms with Gasteiger partial charge in [-0.1, -0.05) is 25.1 Å². The molecule has 3 aromatic rings. The summed E-state index contributed by atoms with van der Waals surface area (Å²) in [5.41, 5.74) is 1.58. The summed E-state index contributed by atoms with van der Waals surface area (Å²) in [6, 6.07) is 13.3. The number of ether oxygens (including phenoxy) is 2. The smallest absolute Gasteiger partial charge is 0.263 e. The molecule has 4 rings (SSSR count). The summed E-state index contributed by atoms with van der Waals surface area (Å²) < 4.78 is 26.8. The van der Waals surface area contributed by atoms with E-state index in [9.17, 15) is 9.18 Å². The van der Waals surface area contributed by atoms with Gasteiger partial charge in [0, 0.05) is 32.8 Å². The van der Waals surface area contributed by atoms with E-state index in [1.165, 1.54) is 12.1 Å². The largest absolute Gasteiger partial charge is 0.491 e. The van der Waals surface area contributed by atoms with Crippen molar-refractivity contribution >= 4 is 5.95 Å². The van der Waals surface area contributed by atoms with Crippen LogP contribution in [0.15, 0.2) is 47.3 Å². The zero-order valence-corrected chi connectivity index (χ0v) is 20.3. The highest BCUT2D eigenvalue weighted by atomic mass is 19.1. The van der Waals surface area contributed by atoms with Crippen LogP contribution in [-0.2, 0) is 11.8 Å². The summed E-state index contributed by atoms with van der Waals surface area (Å²) in [6.07, 6.45) is 2.03. The minimum Gasteiger partial charge on any atom is -0.491 e. The standard InChI is InChI=1S/C27H29FN4O3/c1-18-10-12-32(13-11-18)27-30-25(20-4-5-21(17-29)23(28)16-20)24(26(33)31(27)2)19-6-8-22(9-7-19)35-15-14-34-3/h4-9,16,18H,10-15H2,1-3H3. The first-order valence-electron chi connectivity index (χ1n) is 11.7. The Morgan fingerprint density at radius 1 is 1.11 bits per heavy atom. The molecule has 0 aliphatic carbocycles. The molecule has 0 saturated carbocycles. The van der Waals surface area contributed by atoms with Crippen LogP contribution in [-0.4, -0.2) is 43.0 Å². The Morgan fingerprint density at radius 2 is 1.80 bits per heavy atom. The van der Waals surface area contributed by atoms with Crippen molar-refractivity contribution in [2.24, 2.45) is 13.0 Å². The zero-order valence-electron chi connectivity index (χ0n) is 20.3. The molecule has 0 unspecified atom stereocenters. The average Bonchev–Trinajstić information content (AvgIpc) is 2.87. The molecule has 0 atom stereocenters. The van der Waals surface area contributed by atoms with Crippen molar-refractivity contribution in [3.8, 4) is 34.2 Å². The fourth-order valence-electron chi connectivity index (χ4n) is 4.26. The van der Waals surface area contributed by atoms with Crippen molar-refractivity contribution in [2.75, 3.05) is 38.3 Å². The first-order valence-corrected chi connectivity index (χ1v) is 11.7. The Labute approximate surface area is 204 Å². The molecular weight excluding hydrogens is 447 g/mol. The van der Waals surface area contributed by atoms with Gasteiger partial charge in [0.15, 0.2) is 0 Å². The second kappa shape index (κ2) is 10.7. The van der Waals surface area contributed by atoms with E-state index in [1.54, 1.807) is 49.1 Å². The molecule has 35 heavy (non-hydrogen) atoms. The van der Waals surface area contributed by atoms with E-state index in [0.29, 0.717) is 53.2 Å². The first-order chi connectivity index (χ1) is 16.9. The van der Waals surface area contributed by atoms with Crippen LogP contribution in [0, 0.1) is 23.1 Å². The SMILES string of the molecule is COCCOc1ccc(-c2c(-c3ccc(C#N)c(F)c3)nc(N3CCC(C)CC3)n(C)c2=O)cc1. The van der Waals surface area contributed by atoms with E-state index in [4.69, 9.17) is 19.7 Å². The number of halogens is 1. The number of anilines is 1. The number of aromatic nitrogens is 2. The molecule has 1 aromatic heterocycles. The maximum Gasteiger partial charge on any atom is 0.263 e. The van der Waals surface area contributed by atoms with Gasteiger partial charge < -0.3 is 14.4 Å². The lowest BCUT2D eigenvalue weighted by atomic mass is 9.98. The number of piperidine rings is 1. The van der Waals surface area contributed by atoms with Crippen LogP contribution in [0.5, 0.6) is 5.75 Å². The van der Waals surface area contributed by atoms with Gasteiger partial charge in [-0.25, -0.2) is 9.37 Å². The van der Waals surface area contributed by atoms with Gasteiger partial charge in [-0.05, 0) is 48.6 Å². The van der Waals surface area contributed by atoms with Crippen LogP contribution in [0.4, 0.5) is 10.3 Å². The fraction of sp³-hybridized carbons (Fsp3) is 0.370. The van der Waals surface area contributed by atoms with E-state index < -0.39 is 5.82 Å². The van der Waals surface area contributed by atoms with E-state index >= 15 is 0 Å². The molecular formula is C27H29FN4O3. The van der Waals surface area contributed by atoms with E-state index in [2.05, 4.69) is 11.8 Å². The van der Waals surface area contributed by atoms with Crippen molar-refractivity contribution in [1.82, 2.24) is 9.55 Å². The number of benzene rings is 2. The molecule has 0 amide bonds. The van der Waals surface area contributed by atoms with Crippen LogP contribution in [0.25, 0.3) is 22.4 Å². The number of methoxy groups -OCH3 is 1. The predicted molar refractivity (Wildman–Crippen MR) is 133 cm³/mol. The minimum absolute atomic E-state index is 0.0538. The summed E-state index contributed by atoms with van der Waals surface area (Å²) >= 11 is 0. The third-order valence-corrected chi connectivity index (χ3v) is 6.40. The number of nitriles is 1. The second-order valence-corrected chi connectivity index (χ2v) is 8.84. The van der Waals surface area contributed by atoms with E-state index in [0.717, 1.165) is 25.9 Å². The van der Waals surface area contributed by atoms with Gasteiger partial charge in [0.2, 0.25) is 5.95 Å². The number of rotatable bonds is 7. The molecule has 182 valence electrons. The van der Waals surface area contributed by atoms with Gasteiger partial charge in [-0.15, -0.1) is 0 Å². The van der Waals surface area contributed by atoms with Crippen molar-refractivity contribution in [3.63, 3.8) is 0 Å². The normalized spacial score (nSPS) is 14.1. The monoisotopic (exact) mass is 476 g/mol. The van der Waals surface area contributed by atoms with Crippen molar-refractivity contribution in [2.45, 2.75) is 19.8 Å². The fourth-order valence-corrected chi connectivity index (χ4v) is 4.26. The quantitative estimate of drug-likeness (QED) is 0.471. The Bertz CT molecular complexity index is 1290. The third kappa shape index (κ3) is 5.20. The second-order valence-electron chi connectivity index (χ2n) is 8.84. The van der Waals surface area contributed by atoms with Gasteiger partial charge in [0.25, 0.3) is 5.56 Å². The van der Waals surface area contributed by atoms with Gasteiger partial charge in [-0.3, -0.25) is 9.36 Å². The lowest BCUT2D eigenvalue weighted by Crippen LogP contribution is -2.38. The highest BCUT2D eigenvalue weighted by Crippen LogP contribution is 2.32. The molecule has 1 saturated heterocycles. The highest BCUT2D eigenvalue weighted by molar-refractivity contribution is 5.81. The van der Waals surface area contributed by atoms with Crippen LogP contribution in [0.3, 0.4) is 0 Å². The molecule has 0 N–H and O–H groups in total. The van der Waals surface area contributed by atoms with Crippen LogP contribution < -0.4 is 15.2 Å². The lowest BCUT2D eigenvalue weighted by Gasteiger charge is -2.32. The lowest BCUT2D eigenvalue weighted by molar-refractivity contribution is 0.146. The van der Waals surface area contributed by atoms with E-state index in [1.807, 2.05) is 6.07 Å². The molecule has 0 spiro atoms. The van der Waals surface area contributed by atoms with Gasteiger partial charge in [0.1, 0.15) is 24.2 Å². The maximum absolute atomic E-state index is 14.6. The predicted octanol–water partition coefficient (Wildman–Crippen LogP) is 4.39. The highest BCUT2D eigenvalue weighted by Gasteiger charge is 2.24. The Balaban J connectivity index is 1.83. The summed E-state index contributed by atoms with van der Waals surface area (Å²) in [6.45, 7) is 4.71. The van der Waals surface area contributed by atoms with Crippen molar-refractivity contribution < 1.29 is 13.9 Å². The van der Waals surface area contributed by atoms with Crippen molar-refractivity contribution in [3.05, 3.63) is 64.2 Å². The molecule has 1 fully saturated rings. The molecule has 1 aliphatic heterocycles. The average molecular weight is 477 g/mol.